The van der Waals surface area contributed by atoms with Gasteiger partial charge in [-0.1, -0.05) is 54.6 Å². The summed E-state index contributed by atoms with van der Waals surface area (Å²) in [5, 5.41) is 3.21. The molecule has 1 saturated heterocycles. The van der Waals surface area contributed by atoms with Crippen molar-refractivity contribution in [1.29, 1.82) is 0 Å². The molecule has 2 aromatic rings. The van der Waals surface area contributed by atoms with Crippen LogP contribution in [0.1, 0.15) is 35.6 Å². The molecule has 1 N–H and O–H groups in total. The van der Waals surface area contributed by atoms with Crippen LogP contribution in [0.25, 0.3) is 0 Å². The number of benzene rings is 2. The molecule has 4 rings (SSSR count). The van der Waals surface area contributed by atoms with Gasteiger partial charge in [0.25, 0.3) is 0 Å². The molecular formula is C23H27N3O2. The van der Waals surface area contributed by atoms with E-state index in [4.69, 9.17) is 0 Å². The molecule has 5 nitrogen and oxygen atoms in total. The Morgan fingerprint density at radius 2 is 1.71 bits per heavy atom. The Morgan fingerprint density at radius 3 is 2.46 bits per heavy atom. The number of piperidine rings is 1. The summed E-state index contributed by atoms with van der Waals surface area (Å²) >= 11 is 0. The minimum atomic E-state index is -0.528. The molecule has 0 aromatic heterocycles. The highest BCUT2D eigenvalue weighted by atomic mass is 16.2. The molecule has 2 heterocycles. The van der Waals surface area contributed by atoms with Crippen molar-refractivity contribution in [3.8, 4) is 0 Å². The molecule has 2 aliphatic rings. The number of rotatable bonds is 4. The lowest BCUT2D eigenvalue weighted by atomic mass is 9.91. The first kappa shape index (κ1) is 18.7. The number of likely N-dealkylation sites (N-methyl/N-ethyl adjacent to an activating group) is 1. The van der Waals surface area contributed by atoms with Gasteiger partial charge in [0.15, 0.2) is 0 Å². The van der Waals surface area contributed by atoms with Crippen LogP contribution in [-0.4, -0.2) is 47.8 Å². The maximum Gasteiger partial charge on any atom is 0.247 e. The van der Waals surface area contributed by atoms with Gasteiger partial charge in [-0.15, -0.1) is 0 Å². The quantitative estimate of drug-likeness (QED) is 0.891. The van der Waals surface area contributed by atoms with E-state index < -0.39 is 6.04 Å². The van der Waals surface area contributed by atoms with E-state index in [9.17, 15) is 9.59 Å². The van der Waals surface area contributed by atoms with E-state index in [0.29, 0.717) is 6.42 Å². The molecular weight excluding hydrogens is 350 g/mol. The van der Waals surface area contributed by atoms with Gasteiger partial charge in [0.1, 0.15) is 6.04 Å². The van der Waals surface area contributed by atoms with E-state index in [1.807, 2.05) is 30.3 Å². The van der Waals surface area contributed by atoms with Crippen molar-refractivity contribution in [3.63, 3.8) is 0 Å². The molecule has 2 amide bonds. The summed E-state index contributed by atoms with van der Waals surface area (Å²) in [6, 6.07) is 17.9. The van der Waals surface area contributed by atoms with Crippen LogP contribution in [0.4, 0.5) is 0 Å². The summed E-state index contributed by atoms with van der Waals surface area (Å²) in [6.07, 6.45) is 2.24. The number of carbonyl (C=O) groups excluding carboxylic acids is 2. The van der Waals surface area contributed by atoms with E-state index >= 15 is 0 Å². The van der Waals surface area contributed by atoms with E-state index in [-0.39, 0.29) is 17.9 Å². The van der Waals surface area contributed by atoms with Crippen LogP contribution in [0.5, 0.6) is 0 Å². The maximum atomic E-state index is 13.0. The van der Waals surface area contributed by atoms with Crippen LogP contribution in [0, 0.1) is 0 Å². The second-order valence-corrected chi connectivity index (χ2v) is 7.83. The molecule has 2 aliphatic heterocycles. The number of nitrogens with one attached hydrogen (secondary N) is 1. The number of fused-ring (bicyclic) bond motifs is 1. The van der Waals surface area contributed by atoms with Crippen LogP contribution < -0.4 is 5.32 Å². The van der Waals surface area contributed by atoms with Gasteiger partial charge in [-0.3, -0.25) is 14.5 Å². The average Bonchev–Trinajstić information content (AvgIpc) is 2.71. The van der Waals surface area contributed by atoms with E-state index in [1.54, 1.807) is 11.9 Å². The van der Waals surface area contributed by atoms with Gasteiger partial charge in [-0.25, -0.2) is 0 Å². The molecule has 146 valence electrons. The lowest BCUT2D eigenvalue weighted by molar-refractivity contribution is -0.140. The highest BCUT2D eigenvalue weighted by Gasteiger charge is 2.35. The zero-order valence-electron chi connectivity index (χ0n) is 16.3. The SMILES string of the molecule is CN1C(=O)Cc2ccccc2[C@@H]1C(=O)NC1CCN(Cc2ccccc2)CC1. The Morgan fingerprint density at radius 1 is 1.04 bits per heavy atom. The molecule has 0 aliphatic carbocycles. The second-order valence-electron chi connectivity index (χ2n) is 7.83. The predicted octanol–water partition coefficient (Wildman–Crippen LogP) is 2.52. The lowest BCUT2D eigenvalue weighted by Gasteiger charge is -2.36. The third kappa shape index (κ3) is 3.94. The van der Waals surface area contributed by atoms with Crippen molar-refractivity contribution in [2.75, 3.05) is 20.1 Å². The third-order valence-electron chi connectivity index (χ3n) is 5.90. The van der Waals surface area contributed by atoms with Crippen molar-refractivity contribution >= 4 is 11.8 Å². The first-order chi connectivity index (χ1) is 13.6. The number of hydrogen-bond donors (Lipinski definition) is 1. The largest absolute Gasteiger partial charge is 0.351 e. The van der Waals surface area contributed by atoms with Crippen molar-refractivity contribution in [1.82, 2.24) is 15.1 Å². The summed E-state index contributed by atoms with van der Waals surface area (Å²) in [4.78, 5) is 29.4. The van der Waals surface area contributed by atoms with Gasteiger partial charge in [0, 0.05) is 32.7 Å². The lowest BCUT2D eigenvalue weighted by Crippen LogP contribution is -2.50. The Balaban J connectivity index is 1.36. The smallest absolute Gasteiger partial charge is 0.247 e. The minimum Gasteiger partial charge on any atom is -0.351 e. The fourth-order valence-electron chi connectivity index (χ4n) is 4.28. The van der Waals surface area contributed by atoms with Crippen LogP contribution >= 0.6 is 0 Å². The monoisotopic (exact) mass is 377 g/mol. The standard InChI is InChI=1S/C23H27N3O2/c1-25-21(27)15-18-9-5-6-10-20(18)22(25)23(28)24-19-11-13-26(14-12-19)16-17-7-3-2-4-8-17/h2-10,19,22H,11-16H2,1H3,(H,24,28)/t22-/m1/s1. The van der Waals surface area contributed by atoms with Gasteiger partial charge < -0.3 is 10.2 Å². The van der Waals surface area contributed by atoms with Gasteiger partial charge in [-0.2, -0.15) is 0 Å². The summed E-state index contributed by atoms with van der Waals surface area (Å²) < 4.78 is 0. The molecule has 0 saturated carbocycles. The molecule has 0 spiro atoms. The fraction of sp³-hybridized carbons (Fsp3) is 0.391. The molecule has 0 bridgehead atoms. The van der Waals surface area contributed by atoms with Gasteiger partial charge in [0.05, 0.1) is 6.42 Å². The summed E-state index contributed by atoms with van der Waals surface area (Å²) in [7, 11) is 1.73. The normalized spacial score (nSPS) is 20.7. The van der Waals surface area contributed by atoms with Gasteiger partial charge in [-0.05, 0) is 29.5 Å². The van der Waals surface area contributed by atoms with E-state index in [2.05, 4.69) is 34.5 Å². The van der Waals surface area contributed by atoms with Crippen molar-refractivity contribution in [2.24, 2.45) is 0 Å². The Hall–Kier alpha value is -2.66. The van der Waals surface area contributed by atoms with Crippen molar-refractivity contribution < 1.29 is 9.59 Å². The molecule has 2 aromatic carbocycles. The molecule has 1 atom stereocenters. The Bertz CT molecular complexity index is 844. The summed E-state index contributed by atoms with van der Waals surface area (Å²) in [6.45, 7) is 2.89. The maximum absolute atomic E-state index is 13.0. The highest BCUT2D eigenvalue weighted by molar-refractivity contribution is 5.92. The summed E-state index contributed by atoms with van der Waals surface area (Å²) in [5.74, 6) is -0.0685. The molecule has 1 fully saturated rings. The first-order valence-corrected chi connectivity index (χ1v) is 10.0. The van der Waals surface area contributed by atoms with Crippen LogP contribution in [0.3, 0.4) is 0 Å². The van der Waals surface area contributed by atoms with Gasteiger partial charge >= 0.3 is 0 Å². The molecule has 28 heavy (non-hydrogen) atoms. The van der Waals surface area contributed by atoms with E-state index in [0.717, 1.165) is 43.6 Å². The van der Waals surface area contributed by atoms with Gasteiger partial charge in [0.2, 0.25) is 11.8 Å². The predicted molar refractivity (Wildman–Crippen MR) is 109 cm³/mol. The number of likely N-dealkylation sites (tertiary alicyclic amines) is 1. The van der Waals surface area contributed by atoms with Crippen molar-refractivity contribution in [2.45, 2.75) is 37.9 Å². The number of carbonyl (C=O) groups is 2. The Kier molecular flexibility index (Phi) is 5.44. The van der Waals surface area contributed by atoms with Crippen molar-refractivity contribution in [3.05, 3.63) is 71.3 Å². The van der Waals surface area contributed by atoms with Crippen LogP contribution in [0.15, 0.2) is 54.6 Å². The number of nitrogens with zero attached hydrogens (tertiary/aromatic N) is 2. The van der Waals surface area contributed by atoms with E-state index in [1.165, 1.54) is 5.56 Å². The fourth-order valence-corrected chi connectivity index (χ4v) is 4.28. The third-order valence-corrected chi connectivity index (χ3v) is 5.90. The van der Waals surface area contributed by atoms with Crippen LogP contribution in [-0.2, 0) is 22.6 Å². The molecule has 5 heteroatoms. The second kappa shape index (κ2) is 8.15. The number of amides is 2. The Labute approximate surface area is 166 Å². The topological polar surface area (TPSA) is 52.7 Å². The molecule has 0 unspecified atom stereocenters. The zero-order chi connectivity index (χ0) is 19.5. The van der Waals surface area contributed by atoms with Crippen LogP contribution in [0.2, 0.25) is 0 Å². The average molecular weight is 377 g/mol. The minimum absolute atomic E-state index is 0.00321. The zero-order valence-corrected chi connectivity index (χ0v) is 16.3. The number of hydrogen-bond acceptors (Lipinski definition) is 3. The highest BCUT2D eigenvalue weighted by Crippen LogP contribution is 2.29. The molecule has 0 radical (unpaired) electrons. The summed E-state index contributed by atoms with van der Waals surface area (Å²) in [5.41, 5.74) is 3.23. The first-order valence-electron chi connectivity index (χ1n) is 10.0.